The molecule has 1 heterocycles. The van der Waals surface area contributed by atoms with Gasteiger partial charge in [-0.2, -0.15) is 0 Å². The van der Waals surface area contributed by atoms with Gasteiger partial charge in [-0.3, -0.25) is 4.99 Å². The standard InChI is InChI=1S/C16H25N3O/c17-16(19-10-6-1-2-7-11-19)18-13-15(20)12-14-8-4-3-5-9-14/h3-5,8-9,15,20H,1-2,6-7,10-13H2,(H2,17,18). The van der Waals surface area contributed by atoms with Crippen LogP contribution in [-0.2, 0) is 6.42 Å². The SMILES string of the molecule is NC(=NCC(O)Cc1ccccc1)N1CCCCCC1. The lowest BCUT2D eigenvalue weighted by atomic mass is 10.1. The van der Waals surface area contributed by atoms with Crippen molar-refractivity contribution in [1.82, 2.24) is 4.90 Å². The number of aliphatic hydroxyl groups is 1. The summed E-state index contributed by atoms with van der Waals surface area (Å²) in [4.78, 5) is 6.50. The summed E-state index contributed by atoms with van der Waals surface area (Å²) in [6.45, 7) is 2.35. The van der Waals surface area contributed by atoms with Gasteiger partial charge < -0.3 is 15.7 Å². The van der Waals surface area contributed by atoms with Crippen LogP contribution in [0.5, 0.6) is 0 Å². The van der Waals surface area contributed by atoms with Gasteiger partial charge >= 0.3 is 0 Å². The van der Waals surface area contributed by atoms with Crippen molar-refractivity contribution in [2.75, 3.05) is 19.6 Å². The molecule has 1 unspecified atom stereocenters. The van der Waals surface area contributed by atoms with Crippen LogP contribution in [-0.4, -0.2) is 41.7 Å². The number of nitrogens with zero attached hydrogens (tertiary/aromatic N) is 2. The first-order chi connectivity index (χ1) is 9.75. The molecule has 1 aliphatic heterocycles. The number of hydrogen-bond donors (Lipinski definition) is 2. The zero-order valence-electron chi connectivity index (χ0n) is 12.0. The summed E-state index contributed by atoms with van der Waals surface area (Å²) in [5.41, 5.74) is 7.15. The average Bonchev–Trinajstić information content (AvgIpc) is 2.75. The number of likely N-dealkylation sites (tertiary alicyclic amines) is 1. The van der Waals surface area contributed by atoms with Gasteiger partial charge in [0.1, 0.15) is 0 Å². The maximum atomic E-state index is 10.0. The Morgan fingerprint density at radius 1 is 1.15 bits per heavy atom. The summed E-state index contributed by atoms with van der Waals surface area (Å²) in [5.74, 6) is 0.582. The summed E-state index contributed by atoms with van der Waals surface area (Å²) < 4.78 is 0. The molecule has 0 radical (unpaired) electrons. The van der Waals surface area contributed by atoms with E-state index in [9.17, 15) is 5.11 Å². The third kappa shape index (κ3) is 4.85. The lowest BCUT2D eigenvalue weighted by Crippen LogP contribution is -2.38. The molecule has 1 saturated heterocycles. The smallest absolute Gasteiger partial charge is 0.191 e. The van der Waals surface area contributed by atoms with E-state index in [1.54, 1.807) is 0 Å². The van der Waals surface area contributed by atoms with Crippen molar-refractivity contribution in [3.63, 3.8) is 0 Å². The monoisotopic (exact) mass is 275 g/mol. The van der Waals surface area contributed by atoms with E-state index >= 15 is 0 Å². The van der Waals surface area contributed by atoms with Crippen LogP contribution >= 0.6 is 0 Å². The van der Waals surface area contributed by atoms with E-state index in [-0.39, 0.29) is 0 Å². The van der Waals surface area contributed by atoms with Crippen LogP contribution in [0.4, 0.5) is 0 Å². The van der Waals surface area contributed by atoms with Crippen molar-refractivity contribution >= 4 is 5.96 Å². The van der Waals surface area contributed by atoms with E-state index in [1.165, 1.54) is 25.7 Å². The summed E-state index contributed by atoms with van der Waals surface area (Å²) >= 11 is 0. The average molecular weight is 275 g/mol. The van der Waals surface area contributed by atoms with Crippen molar-refractivity contribution in [2.45, 2.75) is 38.2 Å². The minimum atomic E-state index is -0.470. The molecule has 0 saturated carbocycles. The summed E-state index contributed by atoms with van der Waals surface area (Å²) in [6, 6.07) is 9.98. The van der Waals surface area contributed by atoms with E-state index in [1.807, 2.05) is 30.3 Å². The third-order valence-corrected chi connectivity index (χ3v) is 3.71. The zero-order chi connectivity index (χ0) is 14.2. The molecule has 0 amide bonds. The van der Waals surface area contributed by atoms with Crippen LogP contribution in [0.1, 0.15) is 31.2 Å². The largest absolute Gasteiger partial charge is 0.391 e. The normalized spacial score (nSPS) is 18.6. The number of aliphatic imine (C=N–C) groups is 1. The minimum absolute atomic E-state index is 0.372. The number of hydrogen-bond acceptors (Lipinski definition) is 2. The molecule has 3 N–H and O–H groups in total. The summed E-state index contributed by atoms with van der Waals surface area (Å²) in [6.07, 6.45) is 5.08. The highest BCUT2D eigenvalue weighted by molar-refractivity contribution is 5.78. The third-order valence-electron chi connectivity index (χ3n) is 3.71. The van der Waals surface area contributed by atoms with Crippen molar-refractivity contribution in [2.24, 2.45) is 10.7 Å². The van der Waals surface area contributed by atoms with Gasteiger partial charge in [0.25, 0.3) is 0 Å². The Balaban J connectivity index is 1.81. The molecule has 110 valence electrons. The van der Waals surface area contributed by atoms with E-state index in [2.05, 4.69) is 9.89 Å². The van der Waals surface area contributed by atoms with Gasteiger partial charge in [0.15, 0.2) is 5.96 Å². The Kier molecular flexibility index (Phi) is 5.87. The van der Waals surface area contributed by atoms with E-state index in [4.69, 9.17) is 5.73 Å². The van der Waals surface area contributed by atoms with E-state index in [0.717, 1.165) is 18.7 Å². The van der Waals surface area contributed by atoms with Crippen molar-refractivity contribution < 1.29 is 5.11 Å². The predicted octanol–water partition coefficient (Wildman–Crippen LogP) is 1.78. The van der Waals surface area contributed by atoms with Crippen LogP contribution in [0.25, 0.3) is 0 Å². The molecule has 0 spiro atoms. The molecule has 1 fully saturated rings. The number of guanidine groups is 1. The number of aliphatic hydroxyl groups excluding tert-OH is 1. The molecule has 0 aliphatic carbocycles. The second-order valence-corrected chi connectivity index (χ2v) is 5.44. The first-order valence-corrected chi connectivity index (χ1v) is 7.52. The van der Waals surface area contributed by atoms with Crippen molar-refractivity contribution in [3.8, 4) is 0 Å². The predicted molar refractivity (Wildman–Crippen MR) is 82.7 cm³/mol. The maximum absolute atomic E-state index is 10.0. The lowest BCUT2D eigenvalue weighted by molar-refractivity contribution is 0.183. The zero-order valence-corrected chi connectivity index (χ0v) is 12.0. The Hall–Kier alpha value is -1.55. The molecule has 0 aromatic heterocycles. The number of nitrogens with two attached hydrogens (primary N) is 1. The van der Waals surface area contributed by atoms with E-state index in [0.29, 0.717) is 18.9 Å². The topological polar surface area (TPSA) is 61.9 Å². The minimum Gasteiger partial charge on any atom is -0.391 e. The van der Waals surface area contributed by atoms with Gasteiger partial charge in [0.2, 0.25) is 0 Å². The van der Waals surface area contributed by atoms with Gasteiger partial charge in [0, 0.05) is 19.5 Å². The molecular formula is C16H25N3O. The fourth-order valence-corrected chi connectivity index (χ4v) is 2.55. The van der Waals surface area contributed by atoms with Crippen molar-refractivity contribution in [1.29, 1.82) is 0 Å². The fourth-order valence-electron chi connectivity index (χ4n) is 2.55. The molecule has 1 aromatic rings. The molecular weight excluding hydrogens is 250 g/mol. The molecule has 1 atom stereocenters. The molecule has 4 nitrogen and oxygen atoms in total. The Labute approximate surface area is 121 Å². The molecule has 0 bridgehead atoms. The maximum Gasteiger partial charge on any atom is 0.191 e. The fraction of sp³-hybridized carbons (Fsp3) is 0.562. The molecule has 1 aliphatic rings. The lowest BCUT2D eigenvalue weighted by Gasteiger charge is -2.21. The molecule has 1 aromatic carbocycles. The molecule has 2 rings (SSSR count). The van der Waals surface area contributed by atoms with Crippen LogP contribution in [0.15, 0.2) is 35.3 Å². The van der Waals surface area contributed by atoms with Gasteiger partial charge in [-0.15, -0.1) is 0 Å². The van der Waals surface area contributed by atoms with Gasteiger partial charge in [-0.1, -0.05) is 43.2 Å². The Bertz CT molecular complexity index is 411. The van der Waals surface area contributed by atoms with Crippen LogP contribution in [0.2, 0.25) is 0 Å². The second kappa shape index (κ2) is 7.90. The first-order valence-electron chi connectivity index (χ1n) is 7.52. The van der Waals surface area contributed by atoms with Crippen LogP contribution < -0.4 is 5.73 Å². The highest BCUT2D eigenvalue weighted by atomic mass is 16.3. The first kappa shape index (κ1) is 14.9. The van der Waals surface area contributed by atoms with Gasteiger partial charge in [-0.25, -0.2) is 0 Å². The molecule has 4 heteroatoms. The van der Waals surface area contributed by atoms with Crippen molar-refractivity contribution in [3.05, 3.63) is 35.9 Å². The van der Waals surface area contributed by atoms with Crippen LogP contribution in [0.3, 0.4) is 0 Å². The van der Waals surface area contributed by atoms with Gasteiger partial charge in [-0.05, 0) is 18.4 Å². The Morgan fingerprint density at radius 3 is 2.45 bits per heavy atom. The van der Waals surface area contributed by atoms with Crippen LogP contribution in [0, 0.1) is 0 Å². The highest BCUT2D eigenvalue weighted by Gasteiger charge is 2.11. The molecule has 20 heavy (non-hydrogen) atoms. The summed E-state index contributed by atoms with van der Waals surface area (Å²) in [5, 5.41) is 10.0. The Morgan fingerprint density at radius 2 is 1.80 bits per heavy atom. The summed E-state index contributed by atoms with van der Waals surface area (Å²) in [7, 11) is 0. The number of benzene rings is 1. The van der Waals surface area contributed by atoms with E-state index < -0.39 is 6.10 Å². The quantitative estimate of drug-likeness (QED) is 0.650. The number of rotatable bonds is 4. The highest BCUT2D eigenvalue weighted by Crippen LogP contribution is 2.09. The van der Waals surface area contributed by atoms with Gasteiger partial charge in [0.05, 0.1) is 12.6 Å². The second-order valence-electron chi connectivity index (χ2n) is 5.44.